The van der Waals surface area contributed by atoms with Crippen LogP contribution in [0.3, 0.4) is 0 Å². The topological polar surface area (TPSA) is 20.3 Å². The van der Waals surface area contributed by atoms with Crippen molar-refractivity contribution >= 4 is 34.5 Å². The number of rotatable bonds is 3. The molecule has 1 aromatic heterocycles. The fourth-order valence-electron chi connectivity index (χ4n) is 2.86. The van der Waals surface area contributed by atoms with Crippen molar-refractivity contribution in [1.82, 2.24) is 0 Å². The maximum Gasteiger partial charge on any atom is 0.227 e. The minimum atomic E-state index is 0.207. The van der Waals surface area contributed by atoms with Gasteiger partial charge < -0.3 is 4.90 Å². The molecule has 0 saturated heterocycles. The molecular weight excluding hydrogens is 302 g/mol. The van der Waals surface area contributed by atoms with Crippen LogP contribution in [0.2, 0.25) is 4.34 Å². The Morgan fingerprint density at radius 2 is 2.14 bits per heavy atom. The van der Waals surface area contributed by atoms with Crippen LogP contribution in [0.4, 0.5) is 5.69 Å². The molecular formula is C17H18ClNOS. The van der Waals surface area contributed by atoms with Gasteiger partial charge in [-0.05, 0) is 42.5 Å². The van der Waals surface area contributed by atoms with Crippen molar-refractivity contribution in [3.05, 3.63) is 51.2 Å². The number of amides is 1. The molecule has 0 bridgehead atoms. The maximum absolute atomic E-state index is 12.5. The molecule has 0 fully saturated rings. The van der Waals surface area contributed by atoms with Crippen molar-refractivity contribution in [2.45, 2.75) is 32.1 Å². The second-order valence-electron chi connectivity index (χ2n) is 5.50. The summed E-state index contributed by atoms with van der Waals surface area (Å²) in [4.78, 5) is 15.7. The Morgan fingerprint density at radius 1 is 1.33 bits per heavy atom. The number of hydrogen-bond acceptors (Lipinski definition) is 2. The van der Waals surface area contributed by atoms with E-state index in [0.717, 1.165) is 29.4 Å². The van der Waals surface area contributed by atoms with E-state index in [2.05, 4.69) is 25.1 Å². The highest BCUT2D eigenvalue weighted by molar-refractivity contribution is 7.16. The average Bonchev–Trinajstić information content (AvgIpc) is 2.91. The summed E-state index contributed by atoms with van der Waals surface area (Å²) in [7, 11) is 0. The quantitative estimate of drug-likeness (QED) is 0.790. The number of carbonyl (C=O) groups excluding carboxylic acids is 1. The van der Waals surface area contributed by atoms with Gasteiger partial charge >= 0.3 is 0 Å². The molecule has 1 aliphatic rings. The van der Waals surface area contributed by atoms with E-state index in [0.29, 0.717) is 12.3 Å². The molecule has 21 heavy (non-hydrogen) atoms. The molecule has 1 unspecified atom stereocenters. The monoisotopic (exact) mass is 319 g/mol. The molecule has 0 N–H and O–H groups in total. The fourth-order valence-corrected chi connectivity index (χ4v) is 3.95. The zero-order valence-corrected chi connectivity index (χ0v) is 13.6. The predicted octanol–water partition coefficient (Wildman–Crippen LogP) is 4.87. The van der Waals surface area contributed by atoms with Crippen molar-refractivity contribution in [3.63, 3.8) is 0 Å². The molecule has 0 aliphatic carbocycles. The van der Waals surface area contributed by atoms with Gasteiger partial charge in [-0.2, -0.15) is 0 Å². The number of fused-ring (bicyclic) bond motifs is 1. The predicted molar refractivity (Wildman–Crippen MR) is 89.5 cm³/mol. The molecule has 0 saturated carbocycles. The summed E-state index contributed by atoms with van der Waals surface area (Å²) < 4.78 is 0.787. The maximum atomic E-state index is 12.5. The van der Waals surface area contributed by atoms with Crippen molar-refractivity contribution in [1.29, 1.82) is 0 Å². The number of aryl methyl sites for hydroxylation is 1. The summed E-state index contributed by atoms with van der Waals surface area (Å²) in [6.07, 6.45) is 2.34. The first kappa shape index (κ1) is 14.6. The van der Waals surface area contributed by atoms with Crippen LogP contribution < -0.4 is 4.90 Å². The SMILES string of the molecule is CC1CCN(C(=O)CCc2ccc(Cl)s2)c2ccccc21. The van der Waals surface area contributed by atoms with E-state index in [-0.39, 0.29) is 5.91 Å². The van der Waals surface area contributed by atoms with Gasteiger partial charge in [0, 0.05) is 23.5 Å². The first-order valence-electron chi connectivity index (χ1n) is 7.28. The molecule has 2 nitrogen and oxygen atoms in total. The van der Waals surface area contributed by atoms with E-state index in [1.54, 1.807) is 11.3 Å². The van der Waals surface area contributed by atoms with E-state index in [4.69, 9.17) is 11.6 Å². The third kappa shape index (κ3) is 3.14. The molecule has 0 radical (unpaired) electrons. The zero-order valence-electron chi connectivity index (χ0n) is 12.0. The summed E-state index contributed by atoms with van der Waals surface area (Å²) in [5.74, 6) is 0.736. The number of hydrogen-bond donors (Lipinski definition) is 0. The van der Waals surface area contributed by atoms with Gasteiger partial charge in [-0.1, -0.05) is 36.7 Å². The minimum absolute atomic E-state index is 0.207. The van der Waals surface area contributed by atoms with E-state index >= 15 is 0 Å². The Bertz CT molecular complexity index is 652. The number of benzene rings is 1. The van der Waals surface area contributed by atoms with Gasteiger partial charge in [-0.3, -0.25) is 4.79 Å². The fraction of sp³-hybridized carbons (Fsp3) is 0.353. The zero-order chi connectivity index (χ0) is 14.8. The van der Waals surface area contributed by atoms with E-state index in [1.807, 2.05) is 23.1 Å². The molecule has 1 aromatic carbocycles. The molecule has 1 amide bonds. The molecule has 0 spiro atoms. The number of anilines is 1. The first-order valence-corrected chi connectivity index (χ1v) is 8.48. The van der Waals surface area contributed by atoms with Crippen LogP contribution in [-0.2, 0) is 11.2 Å². The van der Waals surface area contributed by atoms with E-state index < -0.39 is 0 Å². The standard InChI is InChI=1S/C17H18ClNOS/c1-12-10-11-19(15-5-3-2-4-14(12)15)17(20)9-7-13-6-8-16(18)21-13/h2-6,8,12H,7,9-11H2,1H3. The van der Waals surface area contributed by atoms with Crippen molar-refractivity contribution in [3.8, 4) is 0 Å². The minimum Gasteiger partial charge on any atom is -0.312 e. The van der Waals surface area contributed by atoms with Gasteiger partial charge in [0.2, 0.25) is 5.91 Å². The third-order valence-corrected chi connectivity index (χ3v) is 5.35. The lowest BCUT2D eigenvalue weighted by atomic mass is 9.91. The second-order valence-corrected chi connectivity index (χ2v) is 7.30. The van der Waals surface area contributed by atoms with Crippen LogP contribution in [0.1, 0.15) is 36.1 Å². The van der Waals surface area contributed by atoms with E-state index in [1.165, 1.54) is 10.4 Å². The highest BCUT2D eigenvalue weighted by Gasteiger charge is 2.25. The van der Waals surface area contributed by atoms with Gasteiger partial charge in [0.1, 0.15) is 0 Å². The highest BCUT2D eigenvalue weighted by Crippen LogP contribution is 2.35. The van der Waals surface area contributed by atoms with Gasteiger partial charge in [0.25, 0.3) is 0 Å². The molecule has 2 heterocycles. The Morgan fingerprint density at radius 3 is 2.90 bits per heavy atom. The van der Waals surface area contributed by atoms with Gasteiger partial charge in [-0.15, -0.1) is 11.3 Å². The normalized spacial score (nSPS) is 17.6. The first-order chi connectivity index (χ1) is 10.1. The van der Waals surface area contributed by atoms with Crippen molar-refractivity contribution in [2.75, 3.05) is 11.4 Å². The highest BCUT2D eigenvalue weighted by atomic mass is 35.5. The number of halogens is 1. The lowest BCUT2D eigenvalue weighted by molar-refractivity contribution is -0.118. The van der Waals surface area contributed by atoms with Gasteiger partial charge in [0.15, 0.2) is 0 Å². The Hall–Kier alpha value is -1.32. The van der Waals surface area contributed by atoms with E-state index in [9.17, 15) is 4.79 Å². The number of para-hydroxylation sites is 1. The van der Waals surface area contributed by atoms with Crippen LogP contribution in [0.15, 0.2) is 36.4 Å². The summed E-state index contributed by atoms with van der Waals surface area (Å²) >= 11 is 7.49. The Balaban J connectivity index is 1.72. The molecule has 2 aromatic rings. The van der Waals surface area contributed by atoms with Crippen LogP contribution in [0.5, 0.6) is 0 Å². The van der Waals surface area contributed by atoms with Gasteiger partial charge in [0.05, 0.1) is 4.34 Å². The molecule has 1 atom stereocenters. The Labute approximate surface area is 134 Å². The lowest BCUT2D eigenvalue weighted by Crippen LogP contribution is -2.36. The largest absolute Gasteiger partial charge is 0.312 e. The van der Waals surface area contributed by atoms with Crippen molar-refractivity contribution < 1.29 is 4.79 Å². The average molecular weight is 320 g/mol. The molecule has 110 valence electrons. The molecule has 3 rings (SSSR count). The molecule has 1 aliphatic heterocycles. The summed E-state index contributed by atoms with van der Waals surface area (Å²) in [6, 6.07) is 12.2. The number of thiophene rings is 1. The van der Waals surface area contributed by atoms with Crippen LogP contribution in [0.25, 0.3) is 0 Å². The van der Waals surface area contributed by atoms with Crippen molar-refractivity contribution in [2.24, 2.45) is 0 Å². The smallest absolute Gasteiger partial charge is 0.227 e. The number of nitrogens with zero attached hydrogens (tertiary/aromatic N) is 1. The molecule has 4 heteroatoms. The van der Waals surface area contributed by atoms with Crippen LogP contribution >= 0.6 is 22.9 Å². The summed E-state index contributed by atoms with van der Waals surface area (Å²) in [6.45, 7) is 3.05. The van der Waals surface area contributed by atoms with Crippen LogP contribution in [0, 0.1) is 0 Å². The number of carbonyl (C=O) groups is 1. The summed E-state index contributed by atoms with van der Waals surface area (Å²) in [5, 5.41) is 0. The second kappa shape index (κ2) is 6.20. The van der Waals surface area contributed by atoms with Crippen LogP contribution in [-0.4, -0.2) is 12.5 Å². The van der Waals surface area contributed by atoms with Gasteiger partial charge in [-0.25, -0.2) is 0 Å². The Kier molecular flexibility index (Phi) is 4.32. The lowest BCUT2D eigenvalue weighted by Gasteiger charge is -2.33. The summed E-state index contributed by atoms with van der Waals surface area (Å²) in [5.41, 5.74) is 2.38. The third-order valence-electron chi connectivity index (χ3n) is 4.06.